The van der Waals surface area contributed by atoms with Gasteiger partial charge in [0.2, 0.25) is 0 Å². The van der Waals surface area contributed by atoms with Crippen LogP contribution in [0.3, 0.4) is 0 Å². The summed E-state index contributed by atoms with van der Waals surface area (Å²) >= 11 is 0. The van der Waals surface area contributed by atoms with Crippen LogP contribution in [0, 0.1) is 16.2 Å². The third-order valence-electron chi connectivity index (χ3n) is 9.21. The topological polar surface area (TPSA) is 74.6 Å². The monoisotopic (exact) mass is 598 g/mol. The number of carbonyl (C=O) groups excluding carboxylic acids is 2. The largest absolute Gasteiger partial charge is 0.393 e. The molecule has 238 valence electrons. The van der Waals surface area contributed by atoms with Gasteiger partial charge < -0.3 is 10.2 Å². The SMILES string of the molecule is CC(C=CC=C(C)C=CC(=O)C1(C)CC(O)CC1(C)C)=CC=CC=C(C)C=CC=C(C)C=CC1=C(C)C(=O)C(O)CC1(C)C. The summed E-state index contributed by atoms with van der Waals surface area (Å²) in [6.07, 6.45) is 28.0. The maximum Gasteiger partial charge on any atom is 0.187 e. The predicted molar refractivity (Wildman–Crippen MR) is 185 cm³/mol. The van der Waals surface area contributed by atoms with Crippen molar-refractivity contribution in [2.45, 2.75) is 101 Å². The summed E-state index contributed by atoms with van der Waals surface area (Å²) in [6, 6.07) is 0. The second-order valence-electron chi connectivity index (χ2n) is 14.1. The quantitative estimate of drug-likeness (QED) is 0.184. The van der Waals surface area contributed by atoms with Gasteiger partial charge >= 0.3 is 0 Å². The summed E-state index contributed by atoms with van der Waals surface area (Å²) in [4.78, 5) is 25.2. The summed E-state index contributed by atoms with van der Waals surface area (Å²) in [6.45, 7) is 20.1. The molecule has 0 aromatic rings. The molecule has 0 bridgehead atoms. The molecule has 0 spiro atoms. The Morgan fingerprint density at radius 3 is 1.66 bits per heavy atom. The van der Waals surface area contributed by atoms with E-state index in [1.807, 2.05) is 101 Å². The smallest absolute Gasteiger partial charge is 0.187 e. The van der Waals surface area contributed by atoms with Crippen molar-refractivity contribution in [2.24, 2.45) is 16.2 Å². The standard InChI is InChI=1S/C40H54O4/c1-28(17-13-19-30(3)21-23-34-32(5)37(44)35(42)27-38(34,6)7)15-11-12-16-29(2)18-14-20-31(4)22-24-36(43)40(10)26-33(41)25-39(40,8)9/h11-24,33,35,41-42H,25-27H2,1-10H3. The molecule has 3 atom stereocenters. The van der Waals surface area contributed by atoms with Crippen LogP contribution >= 0.6 is 0 Å². The lowest BCUT2D eigenvalue weighted by Gasteiger charge is -2.35. The Kier molecular flexibility index (Phi) is 13.1. The summed E-state index contributed by atoms with van der Waals surface area (Å²) in [5.74, 6) is -0.100. The molecular weight excluding hydrogens is 544 g/mol. The molecule has 2 aliphatic carbocycles. The van der Waals surface area contributed by atoms with Crippen LogP contribution < -0.4 is 0 Å². The van der Waals surface area contributed by atoms with Crippen LogP contribution in [0.15, 0.2) is 119 Å². The van der Waals surface area contributed by atoms with Crippen molar-refractivity contribution in [3.05, 3.63) is 119 Å². The molecule has 3 unspecified atom stereocenters. The van der Waals surface area contributed by atoms with E-state index >= 15 is 0 Å². The van der Waals surface area contributed by atoms with Gasteiger partial charge in [-0.05, 0) is 81.9 Å². The molecule has 0 aromatic carbocycles. The minimum absolute atomic E-state index is 0.0749. The van der Waals surface area contributed by atoms with Crippen molar-refractivity contribution in [3.63, 3.8) is 0 Å². The first-order chi connectivity index (χ1) is 20.4. The summed E-state index contributed by atoms with van der Waals surface area (Å²) < 4.78 is 0. The zero-order valence-electron chi connectivity index (χ0n) is 28.6. The van der Waals surface area contributed by atoms with Gasteiger partial charge in [0.25, 0.3) is 0 Å². The average molecular weight is 599 g/mol. The number of ketones is 2. The van der Waals surface area contributed by atoms with E-state index in [1.165, 1.54) is 0 Å². The van der Waals surface area contributed by atoms with Crippen LogP contribution in [0.4, 0.5) is 0 Å². The normalized spacial score (nSPS) is 27.4. The first-order valence-corrected chi connectivity index (χ1v) is 15.6. The first-order valence-electron chi connectivity index (χ1n) is 15.6. The van der Waals surface area contributed by atoms with Crippen LogP contribution in [0.5, 0.6) is 0 Å². The second-order valence-corrected chi connectivity index (χ2v) is 14.1. The number of hydrogen-bond acceptors (Lipinski definition) is 4. The zero-order valence-corrected chi connectivity index (χ0v) is 28.6. The van der Waals surface area contributed by atoms with Crippen molar-refractivity contribution >= 4 is 11.6 Å². The van der Waals surface area contributed by atoms with Crippen molar-refractivity contribution in [1.82, 2.24) is 0 Å². The molecule has 0 saturated heterocycles. The Morgan fingerprint density at radius 2 is 1.16 bits per heavy atom. The van der Waals surface area contributed by atoms with Gasteiger partial charge in [0.05, 0.1) is 6.10 Å². The Hall–Kier alpha value is -3.34. The highest BCUT2D eigenvalue weighted by Gasteiger charge is 2.52. The molecule has 4 heteroatoms. The van der Waals surface area contributed by atoms with E-state index in [4.69, 9.17) is 0 Å². The van der Waals surface area contributed by atoms with E-state index in [9.17, 15) is 19.8 Å². The molecular formula is C40H54O4. The Balaban J connectivity index is 1.91. The molecule has 2 rings (SSSR count). The van der Waals surface area contributed by atoms with Gasteiger partial charge in [0.1, 0.15) is 6.10 Å². The molecule has 4 nitrogen and oxygen atoms in total. The lowest BCUT2D eigenvalue weighted by atomic mass is 9.66. The minimum atomic E-state index is -0.907. The van der Waals surface area contributed by atoms with Gasteiger partial charge in [0, 0.05) is 5.41 Å². The maximum absolute atomic E-state index is 12.9. The van der Waals surface area contributed by atoms with Crippen molar-refractivity contribution in [1.29, 1.82) is 0 Å². The lowest BCUT2D eigenvalue weighted by Crippen LogP contribution is -2.36. The van der Waals surface area contributed by atoms with Crippen molar-refractivity contribution in [3.8, 4) is 0 Å². The van der Waals surface area contributed by atoms with Gasteiger partial charge in [-0.15, -0.1) is 0 Å². The molecule has 0 amide bonds. The van der Waals surface area contributed by atoms with E-state index in [2.05, 4.69) is 39.8 Å². The highest BCUT2D eigenvalue weighted by molar-refractivity contribution is 6.00. The fourth-order valence-corrected chi connectivity index (χ4v) is 5.94. The molecule has 0 heterocycles. The lowest BCUT2D eigenvalue weighted by molar-refractivity contribution is -0.127. The molecule has 1 saturated carbocycles. The molecule has 2 N–H and O–H groups in total. The van der Waals surface area contributed by atoms with E-state index in [0.29, 0.717) is 24.8 Å². The van der Waals surface area contributed by atoms with Gasteiger partial charge in [-0.25, -0.2) is 0 Å². The number of carbonyl (C=O) groups is 2. The van der Waals surface area contributed by atoms with Gasteiger partial charge in [-0.2, -0.15) is 0 Å². The van der Waals surface area contributed by atoms with Gasteiger partial charge in [-0.1, -0.05) is 136 Å². The third-order valence-corrected chi connectivity index (χ3v) is 9.21. The average Bonchev–Trinajstić information content (AvgIpc) is 3.14. The number of Topliss-reactive ketones (excluding diaryl/α,β-unsaturated/α-hetero) is 1. The molecule has 0 radical (unpaired) electrons. The second kappa shape index (κ2) is 15.6. The molecule has 0 aromatic heterocycles. The summed E-state index contributed by atoms with van der Waals surface area (Å²) in [5, 5.41) is 20.1. The molecule has 0 aliphatic heterocycles. The highest BCUT2D eigenvalue weighted by atomic mass is 16.3. The molecule has 2 aliphatic rings. The Bertz CT molecular complexity index is 1390. The first kappa shape index (κ1) is 36.8. The van der Waals surface area contributed by atoms with Crippen LogP contribution in [0.25, 0.3) is 0 Å². The van der Waals surface area contributed by atoms with E-state index in [-0.39, 0.29) is 22.4 Å². The molecule has 1 fully saturated rings. The fraction of sp³-hybridized carbons (Fsp3) is 0.450. The number of aliphatic hydroxyl groups excluding tert-OH is 2. The van der Waals surface area contributed by atoms with Crippen LogP contribution in [0.2, 0.25) is 0 Å². The van der Waals surface area contributed by atoms with Crippen molar-refractivity contribution < 1.29 is 19.8 Å². The van der Waals surface area contributed by atoms with E-state index in [1.54, 1.807) is 13.0 Å². The van der Waals surface area contributed by atoms with Crippen LogP contribution in [-0.4, -0.2) is 34.0 Å². The third kappa shape index (κ3) is 10.1. The minimum Gasteiger partial charge on any atom is -0.393 e. The van der Waals surface area contributed by atoms with Crippen LogP contribution in [0.1, 0.15) is 88.5 Å². The Morgan fingerprint density at radius 1 is 0.682 bits per heavy atom. The highest BCUT2D eigenvalue weighted by Crippen LogP contribution is 2.53. The molecule has 44 heavy (non-hydrogen) atoms. The van der Waals surface area contributed by atoms with E-state index < -0.39 is 17.6 Å². The number of aliphatic hydroxyl groups is 2. The number of allylic oxidation sites excluding steroid dienone is 19. The maximum atomic E-state index is 12.9. The fourth-order valence-electron chi connectivity index (χ4n) is 5.94. The number of hydrogen-bond donors (Lipinski definition) is 2. The van der Waals surface area contributed by atoms with E-state index in [0.717, 1.165) is 27.9 Å². The zero-order chi connectivity index (χ0) is 33.3. The van der Waals surface area contributed by atoms with Gasteiger partial charge in [-0.3, -0.25) is 9.59 Å². The van der Waals surface area contributed by atoms with Crippen molar-refractivity contribution in [2.75, 3.05) is 0 Å². The summed E-state index contributed by atoms with van der Waals surface area (Å²) in [7, 11) is 0. The number of rotatable bonds is 11. The predicted octanol–water partition coefficient (Wildman–Crippen LogP) is 8.99. The Labute approximate surface area is 266 Å². The summed E-state index contributed by atoms with van der Waals surface area (Å²) in [5.41, 5.74) is 4.90. The van der Waals surface area contributed by atoms with Gasteiger partial charge in [0.15, 0.2) is 11.6 Å². The van der Waals surface area contributed by atoms with Crippen LogP contribution in [-0.2, 0) is 9.59 Å².